The monoisotopic (exact) mass is 594 g/mol. The number of allylic oxidation sites excluding steroid dienone is 1. The molecule has 12 heteroatoms. The first-order valence-electron chi connectivity index (χ1n) is 14.1. The van der Waals surface area contributed by atoms with Crippen molar-refractivity contribution in [3.63, 3.8) is 0 Å². The predicted molar refractivity (Wildman–Crippen MR) is 159 cm³/mol. The normalized spacial score (nSPS) is 13.0. The van der Waals surface area contributed by atoms with Crippen LogP contribution in [0, 0.1) is 30.6 Å². The van der Waals surface area contributed by atoms with E-state index in [9.17, 15) is 24.4 Å². The standard InChI is InChI=1S/C31H42N6O6/c1-19-10-12-21(13-11-19)17-35-30(41)24(9-7-8-14-34-28(39)22(16-32)15-31(3,4)5)36-29(40)23(18-42-6)25-20(2)43-37-26(25)27(33)38/h10-13,15,23-24H,7-9,14,17-18H2,1-6H3,(H2,33,38)(H,34,39)(H,35,41)(H,36,40)/t23-,24+/m1/s1. The number of aryl methyl sites for hydroxylation is 2. The maximum Gasteiger partial charge on any atom is 0.271 e. The van der Waals surface area contributed by atoms with Crippen LogP contribution in [0.4, 0.5) is 0 Å². The summed E-state index contributed by atoms with van der Waals surface area (Å²) >= 11 is 0. The summed E-state index contributed by atoms with van der Waals surface area (Å²) < 4.78 is 10.4. The zero-order valence-electron chi connectivity index (χ0n) is 25.7. The molecule has 12 nitrogen and oxygen atoms in total. The van der Waals surface area contributed by atoms with E-state index >= 15 is 0 Å². The number of ether oxygens (including phenoxy) is 1. The Morgan fingerprint density at radius 2 is 1.77 bits per heavy atom. The fraction of sp³-hybridized carbons (Fsp3) is 0.484. The molecule has 1 aromatic carbocycles. The summed E-state index contributed by atoms with van der Waals surface area (Å²) in [5, 5.41) is 21.4. The molecule has 0 fully saturated rings. The molecule has 0 radical (unpaired) electrons. The summed E-state index contributed by atoms with van der Waals surface area (Å²) in [6.07, 6.45) is 2.84. The van der Waals surface area contributed by atoms with Crippen molar-refractivity contribution in [2.24, 2.45) is 11.1 Å². The van der Waals surface area contributed by atoms with Crippen LogP contribution in [0.5, 0.6) is 0 Å². The number of unbranched alkanes of at least 4 members (excludes halogenated alkanes) is 1. The number of hydrogen-bond donors (Lipinski definition) is 4. The van der Waals surface area contributed by atoms with E-state index in [1.807, 2.05) is 58.0 Å². The summed E-state index contributed by atoms with van der Waals surface area (Å²) in [5.41, 5.74) is 7.15. The third kappa shape index (κ3) is 11.0. The maximum absolute atomic E-state index is 13.5. The molecule has 0 saturated carbocycles. The van der Waals surface area contributed by atoms with Crippen molar-refractivity contribution < 1.29 is 28.4 Å². The largest absolute Gasteiger partial charge is 0.384 e. The molecule has 0 bridgehead atoms. The Balaban J connectivity index is 2.14. The minimum Gasteiger partial charge on any atom is -0.384 e. The number of methoxy groups -OCH3 is 1. The molecule has 0 aliphatic rings. The minimum absolute atomic E-state index is 0.0386. The van der Waals surface area contributed by atoms with Gasteiger partial charge in [-0.25, -0.2) is 0 Å². The fourth-order valence-corrected chi connectivity index (χ4v) is 4.34. The molecular weight excluding hydrogens is 552 g/mol. The SMILES string of the molecule is COC[C@@H](C(=O)N[C@@H](CCCCNC(=O)C(C#N)=CC(C)(C)C)C(=O)NCc1ccc(C)cc1)c1c(C(N)=O)noc1C. The third-order valence-corrected chi connectivity index (χ3v) is 6.51. The number of hydrogen-bond acceptors (Lipinski definition) is 8. The molecule has 5 N–H and O–H groups in total. The predicted octanol–water partition coefficient (Wildman–Crippen LogP) is 2.70. The quantitative estimate of drug-likeness (QED) is 0.137. The van der Waals surface area contributed by atoms with Gasteiger partial charge in [-0.2, -0.15) is 5.26 Å². The zero-order chi connectivity index (χ0) is 32.2. The second-order valence-electron chi connectivity index (χ2n) is 11.4. The molecule has 0 saturated heterocycles. The van der Waals surface area contributed by atoms with E-state index in [-0.39, 0.29) is 54.1 Å². The van der Waals surface area contributed by atoms with Gasteiger partial charge in [-0.05, 0) is 44.1 Å². The second kappa shape index (κ2) is 16.2. The molecular formula is C31H42N6O6. The lowest BCUT2D eigenvalue weighted by atomic mass is 9.93. The molecule has 4 amide bonds. The Morgan fingerprint density at radius 1 is 1.09 bits per heavy atom. The molecule has 43 heavy (non-hydrogen) atoms. The van der Waals surface area contributed by atoms with Crippen molar-refractivity contribution in [3.8, 4) is 6.07 Å². The van der Waals surface area contributed by atoms with Gasteiger partial charge in [0.15, 0.2) is 5.69 Å². The van der Waals surface area contributed by atoms with E-state index in [1.165, 1.54) is 7.11 Å². The number of aromatic nitrogens is 1. The van der Waals surface area contributed by atoms with E-state index in [4.69, 9.17) is 15.0 Å². The van der Waals surface area contributed by atoms with Gasteiger partial charge >= 0.3 is 0 Å². The smallest absolute Gasteiger partial charge is 0.271 e. The summed E-state index contributed by atoms with van der Waals surface area (Å²) in [6.45, 7) is 9.64. The second-order valence-corrected chi connectivity index (χ2v) is 11.4. The lowest BCUT2D eigenvalue weighted by molar-refractivity contribution is -0.130. The zero-order valence-corrected chi connectivity index (χ0v) is 25.7. The van der Waals surface area contributed by atoms with Gasteiger partial charge in [0, 0.05) is 25.8 Å². The molecule has 0 spiro atoms. The van der Waals surface area contributed by atoms with E-state index in [0.29, 0.717) is 12.8 Å². The number of primary amides is 1. The number of nitriles is 1. The summed E-state index contributed by atoms with van der Waals surface area (Å²) in [4.78, 5) is 51.1. The molecule has 2 rings (SSSR count). The van der Waals surface area contributed by atoms with Gasteiger partial charge < -0.3 is 30.9 Å². The number of amides is 4. The van der Waals surface area contributed by atoms with Crippen molar-refractivity contribution in [3.05, 3.63) is 64.1 Å². The number of nitrogens with one attached hydrogen (secondary N) is 3. The van der Waals surface area contributed by atoms with Crippen LogP contribution in [0.25, 0.3) is 0 Å². The molecule has 232 valence electrons. The van der Waals surface area contributed by atoms with Crippen LogP contribution >= 0.6 is 0 Å². The highest BCUT2D eigenvalue weighted by molar-refractivity contribution is 5.97. The topological polar surface area (TPSA) is 189 Å². The molecule has 1 aromatic heterocycles. The number of carbonyl (C=O) groups excluding carboxylic acids is 4. The number of nitrogens with zero attached hydrogens (tertiary/aromatic N) is 2. The van der Waals surface area contributed by atoms with Gasteiger partial charge in [0.2, 0.25) is 11.8 Å². The van der Waals surface area contributed by atoms with Crippen LogP contribution in [-0.2, 0) is 25.7 Å². The lowest BCUT2D eigenvalue weighted by Crippen LogP contribution is -2.48. The summed E-state index contributed by atoms with van der Waals surface area (Å²) in [7, 11) is 1.40. The number of carbonyl (C=O) groups is 4. The maximum atomic E-state index is 13.5. The van der Waals surface area contributed by atoms with Gasteiger partial charge in [-0.1, -0.05) is 61.8 Å². The molecule has 2 atom stereocenters. The van der Waals surface area contributed by atoms with Crippen LogP contribution in [0.3, 0.4) is 0 Å². The highest BCUT2D eigenvalue weighted by Crippen LogP contribution is 2.25. The summed E-state index contributed by atoms with van der Waals surface area (Å²) in [6, 6.07) is 8.70. The first-order chi connectivity index (χ1) is 20.3. The molecule has 0 aliphatic carbocycles. The Labute approximate surface area is 252 Å². The highest BCUT2D eigenvalue weighted by atomic mass is 16.5. The Hall–Kier alpha value is -4.50. The Kier molecular flexibility index (Phi) is 13.1. The third-order valence-electron chi connectivity index (χ3n) is 6.51. The molecule has 2 aromatic rings. The molecule has 0 unspecified atom stereocenters. The average Bonchev–Trinajstić information content (AvgIpc) is 3.33. The van der Waals surface area contributed by atoms with Crippen molar-refractivity contribution in [2.45, 2.75) is 72.4 Å². The van der Waals surface area contributed by atoms with Gasteiger partial charge in [0.05, 0.1) is 12.5 Å². The van der Waals surface area contributed by atoms with Gasteiger partial charge in [0.25, 0.3) is 11.8 Å². The number of benzene rings is 1. The van der Waals surface area contributed by atoms with E-state index in [2.05, 4.69) is 21.1 Å². The fourth-order valence-electron chi connectivity index (χ4n) is 4.34. The van der Waals surface area contributed by atoms with Crippen molar-refractivity contribution >= 4 is 23.6 Å². The van der Waals surface area contributed by atoms with Gasteiger partial charge in [-0.15, -0.1) is 0 Å². The number of nitrogens with two attached hydrogens (primary N) is 1. The minimum atomic E-state index is -1.01. The first kappa shape index (κ1) is 34.7. The van der Waals surface area contributed by atoms with Crippen LogP contribution < -0.4 is 21.7 Å². The highest BCUT2D eigenvalue weighted by Gasteiger charge is 2.33. The van der Waals surface area contributed by atoms with Gasteiger partial charge in [0.1, 0.15) is 23.4 Å². The Morgan fingerprint density at radius 3 is 2.35 bits per heavy atom. The van der Waals surface area contributed by atoms with E-state index in [0.717, 1.165) is 11.1 Å². The van der Waals surface area contributed by atoms with Crippen LogP contribution in [0.2, 0.25) is 0 Å². The lowest BCUT2D eigenvalue weighted by Gasteiger charge is -2.22. The summed E-state index contributed by atoms with van der Waals surface area (Å²) in [5.74, 6) is -3.05. The van der Waals surface area contributed by atoms with Crippen molar-refractivity contribution in [1.29, 1.82) is 5.26 Å². The number of rotatable bonds is 15. The van der Waals surface area contributed by atoms with Gasteiger partial charge in [-0.3, -0.25) is 19.2 Å². The first-order valence-corrected chi connectivity index (χ1v) is 14.1. The van der Waals surface area contributed by atoms with Crippen LogP contribution in [-0.4, -0.2) is 55.1 Å². The average molecular weight is 595 g/mol. The Bertz CT molecular complexity index is 1350. The van der Waals surface area contributed by atoms with Crippen LogP contribution in [0.15, 0.2) is 40.4 Å². The van der Waals surface area contributed by atoms with Crippen LogP contribution in [0.1, 0.15) is 78.9 Å². The van der Waals surface area contributed by atoms with E-state index in [1.54, 1.807) is 13.0 Å². The van der Waals surface area contributed by atoms with E-state index < -0.39 is 35.6 Å². The van der Waals surface area contributed by atoms with Crippen molar-refractivity contribution in [2.75, 3.05) is 20.3 Å². The molecule has 0 aliphatic heterocycles. The van der Waals surface area contributed by atoms with Crippen molar-refractivity contribution in [1.82, 2.24) is 21.1 Å². The molecule has 1 heterocycles.